The van der Waals surface area contributed by atoms with Gasteiger partial charge in [-0.1, -0.05) is 0 Å². The molecule has 2 heterocycles. The van der Waals surface area contributed by atoms with Crippen molar-refractivity contribution in [2.75, 3.05) is 38.2 Å². The smallest absolute Gasteiger partial charge is 0.288 e. The monoisotopic (exact) mass is 440 g/mol. The quantitative estimate of drug-likeness (QED) is 0.640. The predicted octanol–water partition coefficient (Wildman–Crippen LogP) is 4.46. The second kappa shape index (κ2) is 7.62. The molecule has 166 valence electrons. The summed E-state index contributed by atoms with van der Waals surface area (Å²) in [6, 6.07) is 8.34. The number of methoxy groups -OCH3 is 1. The number of hydrogen-bond acceptors (Lipinski definition) is 6. The molecule has 1 aromatic carbocycles. The van der Waals surface area contributed by atoms with Crippen LogP contribution in [-0.4, -0.2) is 48.0 Å². The van der Waals surface area contributed by atoms with Crippen LogP contribution in [0.5, 0.6) is 5.75 Å². The first kappa shape index (κ1) is 19.8. The Morgan fingerprint density at radius 3 is 2.19 bits per heavy atom. The Labute approximate surface area is 189 Å². The van der Waals surface area contributed by atoms with E-state index >= 15 is 0 Å². The Kier molecular flexibility index (Phi) is 4.87. The molecular formula is C24H32N4O2S. The normalized spacial score (nSPS) is 32.5. The Bertz CT molecular complexity index is 954. The number of rotatable bonds is 5. The molecule has 6 nitrogen and oxygen atoms in total. The lowest BCUT2D eigenvalue weighted by Crippen LogP contribution is -2.49. The summed E-state index contributed by atoms with van der Waals surface area (Å²) in [7, 11) is 1.71. The summed E-state index contributed by atoms with van der Waals surface area (Å²) in [6.45, 7) is 4.71. The van der Waals surface area contributed by atoms with Crippen molar-refractivity contribution in [3.05, 3.63) is 35.0 Å². The van der Waals surface area contributed by atoms with Crippen molar-refractivity contribution in [2.45, 2.75) is 50.6 Å². The standard InChI is InChI=1S/C24H32N4O2S/c1-29-21-4-2-20(3-5-21)27-8-6-26(7-9-27)16-28-23(31)30-22(25-28)24-13-17-10-18(14-24)12-19(11-17)15-24/h2-5,17-19H,6-16H2,1H3. The van der Waals surface area contributed by atoms with Crippen molar-refractivity contribution in [3.8, 4) is 5.75 Å². The van der Waals surface area contributed by atoms with E-state index < -0.39 is 0 Å². The SMILES string of the molecule is COc1ccc(N2CCN(Cn3nc(C45CC6CC(CC(C6)C4)C5)oc3=S)CC2)cc1. The predicted molar refractivity (Wildman–Crippen MR) is 122 cm³/mol. The van der Waals surface area contributed by atoms with E-state index in [0.717, 1.165) is 62.2 Å². The summed E-state index contributed by atoms with van der Waals surface area (Å²) in [5, 5.41) is 4.97. The van der Waals surface area contributed by atoms with Crippen LogP contribution in [0.1, 0.15) is 44.4 Å². The molecule has 7 rings (SSSR count). The molecule has 0 N–H and O–H groups in total. The van der Waals surface area contributed by atoms with Gasteiger partial charge in [0.1, 0.15) is 5.75 Å². The highest BCUT2D eigenvalue weighted by Crippen LogP contribution is 2.60. The zero-order valence-electron chi connectivity index (χ0n) is 18.3. The molecule has 0 radical (unpaired) electrons. The first-order valence-electron chi connectivity index (χ1n) is 11.8. The van der Waals surface area contributed by atoms with E-state index in [-0.39, 0.29) is 5.41 Å². The van der Waals surface area contributed by atoms with Crippen molar-refractivity contribution in [3.63, 3.8) is 0 Å². The highest BCUT2D eigenvalue weighted by atomic mass is 32.1. The van der Waals surface area contributed by atoms with Crippen LogP contribution in [0.2, 0.25) is 0 Å². The second-order valence-electron chi connectivity index (χ2n) is 10.3. The zero-order valence-corrected chi connectivity index (χ0v) is 19.1. The topological polar surface area (TPSA) is 46.7 Å². The van der Waals surface area contributed by atoms with Gasteiger partial charge in [0.05, 0.1) is 13.8 Å². The van der Waals surface area contributed by atoms with E-state index in [0.29, 0.717) is 4.84 Å². The molecule has 5 aliphatic rings. The van der Waals surface area contributed by atoms with Gasteiger partial charge < -0.3 is 14.1 Å². The fourth-order valence-electron chi connectivity index (χ4n) is 7.11. The minimum Gasteiger partial charge on any atom is -0.497 e. The zero-order chi connectivity index (χ0) is 21.0. The summed E-state index contributed by atoms with van der Waals surface area (Å²) in [4.78, 5) is 5.41. The molecular weight excluding hydrogens is 408 g/mol. The maximum Gasteiger partial charge on any atom is 0.288 e. The van der Waals surface area contributed by atoms with E-state index in [1.165, 1.54) is 44.2 Å². The van der Waals surface area contributed by atoms with Gasteiger partial charge in [-0.15, -0.1) is 5.10 Å². The van der Waals surface area contributed by atoms with Gasteiger partial charge in [0.25, 0.3) is 4.84 Å². The van der Waals surface area contributed by atoms with Gasteiger partial charge in [0, 0.05) is 37.3 Å². The van der Waals surface area contributed by atoms with Crippen LogP contribution in [0.15, 0.2) is 28.7 Å². The highest BCUT2D eigenvalue weighted by Gasteiger charge is 2.54. The van der Waals surface area contributed by atoms with Gasteiger partial charge in [0.15, 0.2) is 0 Å². The summed E-state index contributed by atoms with van der Waals surface area (Å²) in [6.07, 6.45) is 8.07. The van der Waals surface area contributed by atoms with Gasteiger partial charge in [-0.2, -0.15) is 0 Å². The summed E-state index contributed by atoms with van der Waals surface area (Å²) < 4.78 is 13.4. The van der Waals surface area contributed by atoms with Crippen LogP contribution in [0, 0.1) is 22.6 Å². The molecule has 0 spiro atoms. The number of ether oxygens (including phenoxy) is 1. The molecule has 4 bridgehead atoms. The number of anilines is 1. The highest BCUT2D eigenvalue weighted by molar-refractivity contribution is 7.71. The van der Waals surface area contributed by atoms with Gasteiger partial charge in [-0.25, -0.2) is 4.68 Å². The largest absolute Gasteiger partial charge is 0.497 e. The molecule has 5 fully saturated rings. The number of nitrogens with zero attached hydrogens (tertiary/aromatic N) is 4. The van der Waals surface area contributed by atoms with Gasteiger partial charge in [-0.05, 0) is 92.8 Å². The fourth-order valence-corrected chi connectivity index (χ4v) is 7.29. The maximum atomic E-state index is 6.17. The minimum atomic E-state index is 0.167. The van der Waals surface area contributed by atoms with Gasteiger partial charge in [0.2, 0.25) is 5.89 Å². The first-order chi connectivity index (χ1) is 15.1. The third-order valence-electron chi connectivity index (χ3n) is 8.24. The average molecular weight is 441 g/mol. The summed E-state index contributed by atoms with van der Waals surface area (Å²) in [5.41, 5.74) is 1.42. The average Bonchev–Trinajstić information content (AvgIpc) is 3.15. The summed E-state index contributed by atoms with van der Waals surface area (Å²) >= 11 is 5.60. The number of piperazine rings is 1. The third-order valence-corrected chi connectivity index (χ3v) is 8.54. The lowest BCUT2D eigenvalue weighted by Gasteiger charge is -2.55. The van der Waals surface area contributed by atoms with Crippen LogP contribution in [-0.2, 0) is 12.1 Å². The van der Waals surface area contributed by atoms with E-state index in [4.69, 9.17) is 26.5 Å². The van der Waals surface area contributed by atoms with Crippen molar-refractivity contribution >= 4 is 17.9 Å². The molecule has 2 aromatic rings. The summed E-state index contributed by atoms with van der Waals surface area (Å²) in [5.74, 6) is 4.48. The minimum absolute atomic E-state index is 0.167. The molecule has 0 amide bonds. The second-order valence-corrected chi connectivity index (χ2v) is 10.7. The van der Waals surface area contributed by atoms with E-state index in [1.54, 1.807) is 7.11 Å². The van der Waals surface area contributed by atoms with E-state index in [1.807, 2.05) is 16.8 Å². The Morgan fingerprint density at radius 2 is 1.61 bits per heavy atom. The Morgan fingerprint density at radius 1 is 1.00 bits per heavy atom. The number of aromatic nitrogens is 2. The van der Waals surface area contributed by atoms with Crippen LogP contribution in [0.3, 0.4) is 0 Å². The number of hydrogen-bond donors (Lipinski definition) is 0. The van der Waals surface area contributed by atoms with Crippen molar-refractivity contribution < 1.29 is 9.15 Å². The fraction of sp³-hybridized carbons (Fsp3) is 0.667. The van der Waals surface area contributed by atoms with Crippen molar-refractivity contribution in [1.29, 1.82) is 0 Å². The molecule has 0 atom stereocenters. The van der Waals surface area contributed by atoms with Crippen molar-refractivity contribution in [1.82, 2.24) is 14.7 Å². The molecule has 0 unspecified atom stereocenters. The van der Waals surface area contributed by atoms with Crippen LogP contribution in [0.25, 0.3) is 0 Å². The van der Waals surface area contributed by atoms with Crippen molar-refractivity contribution in [2.24, 2.45) is 17.8 Å². The van der Waals surface area contributed by atoms with Crippen LogP contribution < -0.4 is 9.64 Å². The van der Waals surface area contributed by atoms with Crippen LogP contribution >= 0.6 is 12.2 Å². The molecule has 4 aliphatic carbocycles. The van der Waals surface area contributed by atoms with Gasteiger partial charge in [-0.3, -0.25) is 4.90 Å². The first-order valence-corrected chi connectivity index (χ1v) is 12.2. The number of benzene rings is 1. The van der Waals surface area contributed by atoms with E-state index in [9.17, 15) is 0 Å². The maximum absolute atomic E-state index is 6.17. The molecule has 7 heteroatoms. The van der Waals surface area contributed by atoms with Crippen LogP contribution in [0.4, 0.5) is 5.69 Å². The third kappa shape index (κ3) is 3.59. The molecule has 4 saturated carbocycles. The molecule has 1 saturated heterocycles. The Hall–Kier alpha value is -1.86. The lowest BCUT2D eigenvalue weighted by molar-refractivity contribution is -0.0181. The van der Waals surface area contributed by atoms with E-state index in [2.05, 4.69) is 21.9 Å². The lowest BCUT2D eigenvalue weighted by atomic mass is 9.49. The molecule has 1 aromatic heterocycles. The molecule has 1 aliphatic heterocycles. The Balaban J connectivity index is 1.12. The van der Waals surface area contributed by atoms with Gasteiger partial charge >= 0.3 is 0 Å². The molecule has 31 heavy (non-hydrogen) atoms.